The molecule has 112 valence electrons. The number of hydrogen-bond donors (Lipinski definition) is 1. The molecule has 0 aliphatic heterocycles. The molecule has 22 heavy (non-hydrogen) atoms. The van der Waals surface area contributed by atoms with Crippen molar-refractivity contribution in [1.82, 2.24) is 19.8 Å². The number of aromatic nitrogens is 4. The fourth-order valence-electron chi connectivity index (χ4n) is 1.72. The molecule has 0 unspecified atom stereocenters. The van der Waals surface area contributed by atoms with Gasteiger partial charge >= 0.3 is 6.01 Å². The lowest BCUT2D eigenvalue weighted by atomic mass is 10.2. The Morgan fingerprint density at radius 2 is 2.00 bits per heavy atom. The molecule has 9 heteroatoms. The molecule has 3 aromatic rings. The average molecular weight is 317 g/mol. The molecule has 2 aromatic heterocycles. The van der Waals surface area contributed by atoms with E-state index in [4.69, 9.17) is 9.15 Å². The van der Waals surface area contributed by atoms with Crippen molar-refractivity contribution in [3.05, 3.63) is 34.8 Å². The van der Waals surface area contributed by atoms with E-state index in [0.29, 0.717) is 16.5 Å². The third-order valence-electron chi connectivity index (χ3n) is 2.84. The molecule has 2 heterocycles. The monoisotopic (exact) mass is 317 g/mol. The summed E-state index contributed by atoms with van der Waals surface area (Å²) in [5, 5.41) is 14.0. The second-order valence-corrected chi connectivity index (χ2v) is 5.04. The van der Waals surface area contributed by atoms with Crippen LogP contribution in [0, 0.1) is 6.92 Å². The number of carbonyl (C=O) groups excluding carboxylic acids is 1. The summed E-state index contributed by atoms with van der Waals surface area (Å²) >= 11 is 1.01. The summed E-state index contributed by atoms with van der Waals surface area (Å²) in [4.78, 5) is 12.4. The van der Waals surface area contributed by atoms with E-state index in [1.807, 2.05) is 0 Å². The zero-order valence-electron chi connectivity index (χ0n) is 11.7. The van der Waals surface area contributed by atoms with Gasteiger partial charge in [0.25, 0.3) is 5.91 Å². The van der Waals surface area contributed by atoms with E-state index in [0.717, 1.165) is 22.8 Å². The lowest BCUT2D eigenvalue weighted by Crippen LogP contribution is -2.11. The van der Waals surface area contributed by atoms with Crippen LogP contribution < -0.4 is 10.1 Å². The largest absolute Gasteiger partial charge is 0.497 e. The zero-order chi connectivity index (χ0) is 15.5. The molecule has 1 N–H and O–H groups in total. The van der Waals surface area contributed by atoms with Gasteiger partial charge in [-0.2, -0.15) is 0 Å². The molecule has 0 spiro atoms. The highest BCUT2D eigenvalue weighted by Gasteiger charge is 2.17. The first kappa shape index (κ1) is 14.1. The maximum Gasteiger partial charge on any atom is 0.322 e. The van der Waals surface area contributed by atoms with Crippen LogP contribution in [0.1, 0.15) is 15.4 Å². The number of amides is 1. The third kappa shape index (κ3) is 2.79. The summed E-state index contributed by atoms with van der Waals surface area (Å²) in [6, 6.07) is 7.15. The van der Waals surface area contributed by atoms with Crippen molar-refractivity contribution >= 4 is 23.5 Å². The van der Waals surface area contributed by atoms with Crippen molar-refractivity contribution in [2.75, 3.05) is 12.4 Å². The molecule has 0 atom stereocenters. The van der Waals surface area contributed by atoms with Gasteiger partial charge in [0, 0.05) is 5.56 Å². The van der Waals surface area contributed by atoms with Gasteiger partial charge in [0.05, 0.1) is 12.8 Å². The maximum atomic E-state index is 12.0. The summed E-state index contributed by atoms with van der Waals surface area (Å²) in [6.45, 7) is 1.70. The summed E-state index contributed by atoms with van der Waals surface area (Å²) in [6.07, 6.45) is 0. The molecule has 0 saturated heterocycles. The quantitative estimate of drug-likeness (QED) is 0.786. The Kier molecular flexibility index (Phi) is 3.79. The summed E-state index contributed by atoms with van der Waals surface area (Å²) in [5.74, 6) is 0.652. The Balaban J connectivity index is 1.76. The number of methoxy groups -OCH3 is 1. The number of benzene rings is 1. The Morgan fingerprint density at radius 1 is 1.23 bits per heavy atom. The van der Waals surface area contributed by atoms with E-state index >= 15 is 0 Å². The minimum absolute atomic E-state index is 0.0172. The van der Waals surface area contributed by atoms with Crippen molar-refractivity contribution in [2.24, 2.45) is 0 Å². The molecular formula is C13H11N5O3S. The summed E-state index contributed by atoms with van der Waals surface area (Å²) < 4.78 is 14.2. The Morgan fingerprint density at radius 3 is 2.64 bits per heavy atom. The highest BCUT2D eigenvalue weighted by molar-refractivity contribution is 7.08. The SMILES string of the molecule is COc1ccc(-c2nnc(NC(=O)c3snnc3C)o2)cc1. The van der Waals surface area contributed by atoms with E-state index in [1.165, 1.54) is 0 Å². The van der Waals surface area contributed by atoms with E-state index in [1.54, 1.807) is 38.3 Å². The molecule has 0 aliphatic carbocycles. The number of anilines is 1. The Bertz CT molecular complexity index is 796. The van der Waals surface area contributed by atoms with Crippen LogP contribution in [-0.4, -0.2) is 32.8 Å². The third-order valence-corrected chi connectivity index (χ3v) is 3.67. The Hall–Kier alpha value is -2.81. The standard InChI is InChI=1S/C13H11N5O3S/c1-7-10(22-18-15-7)11(19)14-13-17-16-12(21-13)8-3-5-9(20-2)6-4-8/h3-6H,1-2H3,(H,14,17,19). The lowest BCUT2D eigenvalue weighted by Gasteiger charge is -1.99. The zero-order valence-corrected chi connectivity index (χ0v) is 12.5. The minimum atomic E-state index is -0.377. The predicted molar refractivity (Wildman–Crippen MR) is 78.9 cm³/mol. The van der Waals surface area contributed by atoms with E-state index in [-0.39, 0.29) is 11.9 Å². The van der Waals surface area contributed by atoms with Gasteiger partial charge in [-0.3, -0.25) is 10.1 Å². The highest BCUT2D eigenvalue weighted by Crippen LogP contribution is 2.23. The maximum absolute atomic E-state index is 12.0. The van der Waals surface area contributed by atoms with Gasteiger partial charge in [0.15, 0.2) is 0 Å². The van der Waals surface area contributed by atoms with Crippen molar-refractivity contribution < 1.29 is 13.9 Å². The van der Waals surface area contributed by atoms with Gasteiger partial charge in [0.2, 0.25) is 5.89 Å². The van der Waals surface area contributed by atoms with E-state index in [2.05, 4.69) is 25.1 Å². The van der Waals surface area contributed by atoms with Gasteiger partial charge < -0.3 is 9.15 Å². The van der Waals surface area contributed by atoms with Crippen LogP contribution in [0.3, 0.4) is 0 Å². The van der Waals surface area contributed by atoms with Crippen molar-refractivity contribution in [2.45, 2.75) is 6.92 Å². The van der Waals surface area contributed by atoms with Crippen molar-refractivity contribution in [1.29, 1.82) is 0 Å². The number of rotatable bonds is 4. The average Bonchev–Trinajstić information content (AvgIpc) is 3.16. The molecule has 1 amide bonds. The van der Waals surface area contributed by atoms with Gasteiger partial charge in [-0.05, 0) is 42.7 Å². The molecule has 0 saturated carbocycles. The first-order chi connectivity index (χ1) is 10.7. The predicted octanol–water partition coefficient (Wildman–Crippen LogP) is 2.16. The molecule has 0 aliphatic rings. The molecule has 8 nitrogen and oxygen atoms in total. The van der Waals surface area contributed by atoms with Crippen LogP contribution in [0.2, 0.25) is 0 Å². The van der Waals surface area contributed by atoms with Crippen LogP contribution >= 0.6 is 11.5 Å². The first-order valence-corrected chi connectivity index (χ1v) is 7.03. The number of ether oxygens (including phenoxy) is 1. The molecule has 0 bridgehead atoms. The van der Waals surface area contributed by atoms with Crippen LogP contribution in [0.4, 0.5) is 6.01 Å². The van der Waals surface area contributed by atoms with Crippen LogP contribution in [0.5, 0.6) is 5.75 Å². The molecule has 0 radical (unpaired) electrons. The normalized spacial score (nSPS) is 10.5. The Labute approximate surface area is 129 Å². The second kappa shape index (κ2) is 5.90. The number of hydrogen-bond acceptors (Lipinski definition) is 8. The number of carbonyl (C=O) groups is 1. The van der Waals surface area contributed by atoms with Crippen LogP contribution in [0.15, 0.2) is 28.7 Å². The fraction of sp³-hybridized carbons (Fsp3) is 0.154. The fourth-order valence-corrected chi connectivity index (χ4v) is 2.27. The minimum Gasteiger partial charge on any atom is -0.497 e. The van der Waals surface area contributed by atoms with E-state index < -0.39 is 0 Å². The summed E-state index contributed by atoms with van der Waals surface area (Å²) in [5.41, 5.74) is 1.28. The molecular weight excluding hydrogens is 306 g/mol. The van der Waals surface area contributed by atoms with Gasteiger partial charge in [-0.25, -0.2) is 0 Å². The highest BCUT2D eigenvalue weighted by atomic mass is 32.1. The van der Waals surface area contributed by atoms with Gasteiger partial charge in [-0.1, -0.05) is 9.59 Å². The van der Waals surface area contributed by atoms with Gasteiger partial charge in [0.1, 0.15) is 10.6 Å². The van der Waals surface area contributed by atoms with Crippen molar-refractivity contribution in [3.63, 3.8) is 0 Å². The first-order valence-electron chi connectivity index (χ1n) is 6.25. The summed E-state index contributed by atoms with van der Waals surface area (Å²) in [7, 11) is 1.59. The van der Waals surface area contributed by atoms with Crippen LogP contribution in [-0.2, 0) is 0 Å². The van der Waals surface area contributed by atoms with E-state index in [9.17, 15) is 4.79 Å². The number of nitrogens with zero attached hydrogens (tertiary/aromatic N) is 4. The lowest BCUT2D eigenvalue weighted by molar-refractivity contribution is 0.102. The topological polar surface area (TPSA) is 103 Å². The number of nitrogens with one attached hydrogen (secondary N) is 1. The molecule has 0 fully saturated rings. The van der Waals surface area contributed by atoms with Crippen LogP contribution in [0.25, 0.3) is 11.5 Å². The second-order valence-electron chi connectivity index (χ2n) is 4.28. The number of aryl methyl sites for hydroxylation is 1. The van der Waals surface area contributed by atoms with Crippen molar-refractivity contribution in [3.8, 4) is 17.2 Å². The smallest absolute Gasteiger partial charge is 0.322 e. The van der Waals surface area contributed by atoms with Gasteiger partial charge in [-0.15, -0.1) is 10.2 Å². The molecule has 3 rings (SSSR count). The molecule has 1 aromatic carbocycles.